The van der Waals surface area contributed by atoms with E-state index in [1.807, 2.05) is 0 Å². The molecule has 1 unspecified atom stereocenters. The van der Waals surface area contributed by atoms with Crippen molar-refractivity contribution in [1.82, 2.24) is 4.90 Å². The molecule has 0 aromatic rings. The van der Waals surface area contributed by atoms with Crippen molar-refractivity contribution in [2.75, 3.05) is 13.7 Å². The highest BCUT2D eigenvalue weighted by atomic mass is 16.5. The lowest BCUT2D eigenvalue weighted by Gasteiger charge is -2.63. The number of nitrogens with zero attached hydrogens (tertiary/aromatic N) is 1. The summed E-state index contributed by atoms with van der Waals surface area (Å²) in [4.78, 5) is 14.7. The number of hydrogen-bond donors (Lipinski definition) is 0. The molecule has 0 spiro atoms. The van der Waals surface area contributed by atoms with Gasteiger partial charge in [-0.2, -0.15) is 0 Å². The van der Waals surface area contributed by atoms with Crippen LogP contribution in [0.15, 0.2) is 0 Å². The Bertz CT molecular complexity index is 649. The van der Waals surface area contributed by atoms with Gasteiger partial charge in [0.2, 0.25) is 5.91 Å². The van der Waals surface area contributed by atoms with Crippen molar-refractivity contribution in [1.29, 1.82) is 0 Å². The first-order valence-corrected chi connectivity index (χ1v) is 14.8. The predicted molar refractivity (Wildman–Crippen MR) is 137 cm³/mol. The fourth-order valence-corrected chi connectivity index (χ4v) is 8.87. The molecular formula is C30H53NO2. The van der Waals surface area contributed by atoms with E-state index in [4.69, 9.17) is 4.74 Å². The van der Waals surface area contributed by atoms with Crippen LogP contribution in [0.1, 0.15) is 130 Å². The van der Waals surface area contributed by atoms with Crippen molar-refractivity contribution in [2.45, 2.75) is 142 Å². The Kier molecular flexibility index (Phi) is 8.51. The summed E-state index contributed by atoms with van der Waals surface area (Å²) in [5.74, 6) is 2.64. The van der Waals surface area contributed by atoms with E-state index in [0.717, 1.165) is 37.7 Å². The highest BCUT2D eigenvalue weighted by molar-refractivity contribution is 5.77. The number of likely N-dealkylation sites (tertiary alicyclic amines) is 1. The standard InChI is InChI=1S/C30H53NO2/c1-5-6-7-8-9-10-11-12-13-21-33-25-22-26-30(3,20-17-27(32)31(26)4)24-16-19-29(2)18-14-15-23(29)28(24)25/h23-26,28H,5-22H2,1-4H3/t23-,24-,25?,26+,28-,29-,30+/m0/s1. The van der Waals surface area contributed by atoms with Crippen LogP contribution < -0.4 is 0 Å². The summed E-state index contributed by atoms with van der Waals surface area (Å²) >= 11 is 0. The first kappa shape index (κ1) is 25.5. The molecule has 4 aliphatic rings. The molecule has 0 bridgehead atoms. The van der Waals surface area contributed by atoms with Crippen LogP contribution in [0.3, 0.4) is 0 Å². The normalized spacial score (nSPS) is 40.4. The molecule has 7 atom stereocenters. The SMILES string of the molecule is CCCCCCCCCCCOC1C[C@H]2N(C)C(=O)CC[C@]2(C)[C@H]2CC[C@]3(C)CCC[C@H]3[C@H]12. The lowest BCUT2D eigenvalue weighted by atomic mass is 9.47. The zero-order chi connectivity index (χ0) is 23.5. The van der Waals surface area contributed by atoms with Gasteiger partial charge in [-0.3, -0.25) is 4.79 Å². The number of ether oxygens (including phenoxy) is 1. The van der Waals surface area contributed by atoms with Crippen LogP contribution >= 0.6 is 0 Å². The molecule has 3 saturated carbocycles. The van der Waals surface area contributed by atoms with E-state index in [1.54, 1.807) is 0 Å². The van der Waals surface area contributed by atoms with E-state index in [-0.39, 0.29) is 5.41 Å². The fourth-order valence-electron chi connectivity index (χ4n) is 8.87. The number of amides is 1. The number of carbonyl (C=O) groups is 1. The molecule has 3 nitrogen and oxygen atoms in total. The van der Waals surface area contributed by atoms with Gasteiger partial charge in [-0.25, -0.2) is 0 Å². The van der Waals surface area contributed by atoms with Gasteiger partial charge < -0.3 is 9.64 Å². The Hall–Kier alpha value is -0.570. The van der Waals surface area contributed by atoms with Gasteiger partial charge in [0.25, 0.3) is 0 Å². The highest BCUT2D eigenvalue weighted by Crippen LogP contribution is 2.65. The Morgan fingerprint density at radius 1 is 0.909 bits per heavy atom. The van der Waals surface area contributed by atoms with Crippen molar-refractivity contribution < 1.29 is 9.53 Å². The number of hydrogen-bond acceptors (Lipinski definition) is 2. The van der Waals surface area contributed by atoms with E-state index in [1.165, 1.54) is 89.9 Å². The van der Waals surface area contributed by atoms with Gasteiger partial charge >= 0.3 is 0 Å². The monoisotopic (exact) mass is 459 g/mol. The molecule has 3 heteroatoms. The maximum atomic E-state index is 12.6. The van der Waals surface area contributed by atoms with E-state index in [2.05, 4.69) is 32.7 Å². The summed E-state index contributed by atoms with van der Waals surface area (Å²) in [6.07, 6.45) is 22.5. The largest absolute Gasteiger partial charge is 0.378 e. The maximum absolute atomic E-state index is 12.6. The van der Waals surface area contributed by atoms with Gasteiger partial charge in [-0.1, -0.05) is 78.6 Å². The number of rotatable bonds is 11. The third kappa shape index (κ3) is 5.19. The minimum absolute atomic E-state index is 0.287. The molecule has 33 heavy (non-hydrogen) atoms. The van der Waals surface area contributed by atoms with Gasteiger partial charge in [-0.05, 0) is 73.5 Å². The molecule has 0 aromatic carbocycles. The van der Waals surface area contributed by atoms with Gasteiger partial charge in [0, 0.05) is 26.1 Å². The van der Waals surface area contributed by atoms with Gasteiger partial charge in [0.15, 0.2) is 0 Å². The lowest BCUT2D eigenvalue weighted by molar-refractivity contribution is -0.187. The van der Waals surface area contributed by atoms with Crippen LogP contribution in [0, 0.1) is 28.6 Å². The molecule has 0 radical (unpaired) electrons. The van der Waals surface area contributed by atoms with Crippen LogP contribution in [0.25, 0.3) is 0 Å². The first-order valence-electron chi connectivity index (χ1n) is 14.8. The molecule has 4 rings (SSSR count). The number of unbranched alkanes of at least 4 members (excludes halogenated alkanes) is 8. The maximum Gasteiger partial charge on any atom is 0.222 e. The third-order valence-electron chi connectivity index (χ3n) is 10.9. The molecule has 3 aliphatic carbocycles. The molecule has 0 N–H and O–H groups in total. The first-order chi connectivity index (χ1) is 15.9. The number of carbonyl (C=O) groups excluding carboxylic acids is 1. The van der Waals surface area contributed by atoms with Crippen LogP contribution in [0.5, 0.6) is 0 Å². The van der Waals surface area contributed by atoms with Crippen LogP contribution in [-0.4, -0.2) is 36.6 Å². The van der Waals surface area contributed by atoms with Gasteiger partial charge in [0.05, 0.1) is 6.10 Å². The van der Waals surface area contributed by atoms with Crippen molar-refractivity contribution in [3.8, 4) is 0 Å². The molecule has 190 valence electrons. The average molecular weight is 460 g/mol. The van der Waals surface area contributed by atoms with Crippen LogP contribution in [0.4, 0.5) is 0 Å². The van der Waals surface area contributed by atoms with E-state index >= 15 is 0 Å². The second-order valence-corrected chi connectivity index (χ2v) is 12.9. The Labute approximate surface area is 204 Å². The minimum Gasteiger partial charge on any atom is -0.378 e. The zero-order valence-corrected chi connectivity index (χ0v) is 22.4. The van der Waals surface area contributed by atoms with E-state index in [9.17, 15) is 4.79 Å². The molecule has 4 fully saturated rings. The van der Waals surface area contributed by atoms with Crippen LogP contribution in [-0.2, 0) is 9.53 Å². The second-order valence-electron chi connectivity index (χ2n) is 12.9. The molecule has 1 amide bonds. The van der Waals surface area contributed by atoms with Crippen molar-refractivity contribution in [3.63, 3.8) is 0 Å². The van der Waals surface area contributed by atoms with E-state index < -0.39 is 0 Å². The molecular weight excluding hydrogens is 406 g/mol. The molecule has 0 aromatic heterocycles. The van der Waals surface area contributed by atoms with Crippen molar-refractivity contribution in [3.05, 3.63) is 0 Å². The summed E-state index contributed by atoms with van der Waals surface area (Å²) in [5, 5.41) is 0. The van der Waals surface area contributed by atoms with Gasteiger partial charge in [-0.15, -0.1) is 0 Å². The number of piperidine rings is 1. The molecule has 1 aliphatic heterocycles. The summed E-state index contributed by atoms with van der Waals surface area (Å²) in [7, 11) is 2.07. The Morgan fingerprint density at radius 3 is 2.33 bits per heavy atom. The smallest absolute Gasteiger partial charge is 0.222 e. The fraction of sp³-hybridized carbons (Fsp3) is 0.967. The Morgan fingerprint density at radius 2 is 1.61 bits per heavy atom. The predicted octanol–water partition coefficient (Wildman–Crippen LogP) is 7.77. The lowest BCUT2D eigenvalue weighted by Crippen LogP contribution is -2.65. The summed E-state index contributed by atoms with van der Waals surface area (Å²) < 4.78 is 6.80. The molecule has 1 saturated heterocycles. The average Bonchev–Trinajstić information content (AvgIpc) is 3.20. The summed E-state index contributed by atoms with van der Waals surface area (Å²) in [5.41, 5.74) is 0.828. The molecule has 1 heterocycles. The topological polar surface area (TPSA) is 29.5 Å². The number of fused-ring (bicyclic) bond motifs is 5. The van der Waals surface area contributed by atoms with E-state index in [0.29, 0.717) is 29.4 Å². The second kappa shape index (κ2) is 11.0. The Balaban J connectivity index is 1.35. The van der Waals surface area contributed by atoms with Crippen molar-refractivity contribution in [2.24, 2.45) is 28.6 Å². The minimum atomic E-state index is 0.287. The zero-order valence-electron chi connectivity index (χ0n) is 22.4. The third-order valence-corrected chi connectivity index (χ3v) is 10.9. The summed E-state index contributed by atoms with van der Waals surface area (Å²) in [6.45, 7) is 8.34. The highest BCUT2D eigenvalue weighted by Gasteiger charge is 2.62. The van der Waals surface area contributed by atoms with Crippen molar-refractivity contribution >= 4 is 5.91 Å². The summed E-state index contributed by atoms with van der Waals surface area (Å²) in [6, 6.07) is 0.374. The quantitative estimate of drug-likeness (QED) is 0.295. The van der Waals surface area contributed by atoms with Crippen LogP contribution in [0.2, 0.25) is 0 Å². The van der Waals surface area contributed by atoms with Gasteiger partial charge in [0.1, 0.15) is 0 Å².